The Labute approximate surface area is 96.2 Å². The fourth-order valence-electron chi connectivity index (χ4n) is 2.16. The number of carbonyl (C=O) groups is 2. The van der Waals surface area contributed by atoms with E-state index in [0.717, 1.165) is 0 Å². The molecule has 16 heavy (non-hydrogen) atoms. The van der Waals surface area contributed by atoms with Crippen LogP contribution in [0.15, 0.2) is 12.2 Å². The lowest BCUT2D eigenvalue weighted by Gasteiger charge is -2.48. The van der Waals surface area contributed by atoms with E-state index in [1.165, 1.54) is 0 Å². The second-order valence-corrected chi connectivity index (χ2v) is 9.95. The highest BCUT2D eigenvalue weighted by molar-refractivity contribution is 6.69. The molecule has 0 saturated carbocycles. The summed E-state index contributed by atoms with van der Waals surface area (Å²) < 4.78 is 6.01. The first-order valence-corrected chi connectivity index (χ1v) is 8.92. The van der Waals surface area contributed by atoms with Crippen LogP contribution in [0.4, 0.5) is 0 Å². The molecule has 1 aliphatic heterocycles. The summed E-state index contributed by atoms with van der Waals surface area (Å²) in [6.07, 6.45) is 3.98. The summed E-state index contributed by atoms with van der Waals surface area (Å²) in [4.78, 5) is 22.5. The van der Waals surface area contributed by atoms with Crippen molar-refractivity contribution in [3.05, 3.63) is 12.2 Å². The van der Waals surface area contributed by atoms with E-state index in [9.17, 15) is 9.59 Å². The lowest BCUT2D eigenvalue weighted by molar-refractivity contribution is -0.137. The molecule has 1 aliphatic carbocycles. The lowest BCUT2D eigenvalue weighted by atomic mass is 9.76. The molecule has 4 nitrogen and oxygen atoms in total. The summed E-state index contributed by atoms with van der Waals surface area (Å²) in [5.74, 6) is 0.109. The maximum absolute atomic E-state index is 11.4. The number of ketones is 1. The second kappa shape index (κ2) is 3.53. The van der Waals surface area contributed by atoms with E-state index >= 15 is 0 Å². The Kier molecular flexibility index (Phi) is 2.55. The van der Waals surface area contributed by atoms with Gasteiger partial charge in [0.2, 0.25) is 5.91 Å². The van der Waals surface area contributed by atoms with Crippen molar-refractivity contribution in [3.8, 4) is 0 Å². The standard InChI is InChI=1S/C11H17NO3Si/c1-16(2,3)15-9-6-8(13)4-5-11(9)7-10(14)12-11/h4-5,9H,6-7H2,1-3H3,(H,12,14). The molecule has 1 heterocycles. The topological polar surface area (TPSA) is 55.4 Å². The van der Waals surface area contributed by atoms with Gasteiger partial charge in [0.05, 0.1) is 18.1 Å². The summed E-state index contributed by atoms with van der Waals surface area (Å²) in [6.45, 7) is 6.26. The van der Waals surface area contributed by atoms with E-state index in [1.807, 2.05) is 0 Å². The Morgan fingerprint density at radius 1 is 1.44 bits per heavy atom. The molecule has 1 spiro atoms. The van der Waals surface area contributed by atoms with Gasteiger partial charge in [0, 0.05) is 6.42 Å². The van der Waals surface area contributed by atoms with Crippen molar-refractivity contribution in [2.75, 3.05) is 0 Å². The van der Waals surface area contributed by atoms with Gasteiger partial charge in [-0.05, 0) is 25.7 Å². The third kappa shape index (κ3) is 2.10. The molecule has 2 atom stereocenters. The molecule has 0 aromatic carbocycles. The van der Waals surface area contributed by atoms with Gasteiger partial charge in [-0.1, -0.05) is 6.08 Å². The van der Waals surface area contributed by atoms with Gasteiger partial charge < -0.3 is 9.74 Å². The predicted molar refractivity (Wildman–Crippen MR) is 62.5 cm³/mol. The number of carbonyl (C=O) groups excluding carboxylic acids is 2. The highest BCUT2D eigenvalue weighted by Crippen LogP contribution is 2.34. The van der Waals surface area contributed by atoms with E-state index in [1.54, 1.807) is 12.2 Å². The van der Waals surface area contributed by atoms with Crippen LogP contribution < -0.4 is 5.32 Å². The molecule has 2 rings (SSSR count). The van der Waals surface area contributed by atoms with Crippen molar-refractivity contribution in [1.82, 2.24) is 5.32 Å². The monoisotopic (exact) mass is 239 g/mol. The average Bonchev–Trinajstić information content (AvgIpc) is 2.05. The van der Waals surface area contributed by atoms with Crippen molar-refractivity contribution >= 4 is 20.0 Å². The fourth-order valence-corrected chi connectivity index (χ4v) is 3.30. The fraction of sp³-hybridized carbons (Fsp3) is 0.636. The average molecular weight is 239 g/mol. The van der Waals surface area contributed by atoms with Crippen molar-refractivity contribution in [1.29, 1.82) is 0 Å². The van der Waals surface area contributed by atoms with Crippen LogP contribution >= 0.6 is 0 Å². The number of rotatable bonds is 2. The third-order valence-corrected chi connectivity index (χ3v) is 3.84. The molecule has 1 amide bonds. The van der Waals surface area contributed by atoms with Gasteiger partial charge in [-0.2, -0.15) is 0 Å². The van der Waals surface area contributed by atoms with E-state index in [2.05, 4.69) is 25.0 Å². The Balaban J connectivity index is 2.18. The number of amides is 1. The van der Waals surface area contributed by atoms with Gasteiger partial charge in [0.1, 0.15) is 0 Å². The minimum absolute atomic E-state index is 0.0307. The highest BCUT2D eigenvalue weighted by atomic mass is 28.4. The first kappa shape index (κ1) is 11.5. The molecule has 5 heteroatoms. The molecular weight excluding hydrogens is 222 g/mol. The summed E-state index contributed by atoms with van der Waals surface area (Å²) >= 11 is 0. The summed E-state index contributed by atoms with van der Waals surface area (Å²) in [5, 5.41) is 2.87. The van der Waals surface area contributed by atoms with Crippen molar-refractivity contribution < 1.29 is 14.0 Å². The molecule has 1 saturated heterocycles. The van der Waals surface area contributed by atoms with Crippen LogP contribution in [0.2, 0.25) is 19.6 Å². The van der Waals surface area contributed by atoms with E-state index in [0.29, 0.717) is 12.8 Å². The SMILES string of the molecule is C[Si](C)(C)OC1CC(=O)C=CC12CC(=O)N2. The highest BCUT2D eigenvalue weighted by Gasteiger charge is 2.51. The predicted octanol–water partition coefficient (Wildman–Crippen LogP) is 0.994. The van der Waals surface area contributed by atoms with Crippen LogP contribution in [0.25, 0.3) is 0 Å². The zero-order valence-corrected chi connectivity index (χ0v) is 10.9. The lowest BCUT2D eigenvalue weighted by Crippen LogP contribution is -2.69. The number of nitrogens with one attached hydrogen (secondary N) is 1. The van der Waals surface area contributed by atoms with Crippen LogP contribution in [0.1, 0.15) is 12.8 Å². The molecule has 2 unspecified atom stereocenters. The molecule has 0 aromatic rings. The first-order chi connectivity index (χ1) is 7.31. The van der Waals surface area contributed by atoms with Crippen LogP contribution in [0.3, 0.4) is 0 Å². The van der Waals surface area contributed by atoms with E-state index in [-0.39, 0.29) is 17.8 Å². The Hall–Kier alpha value is -0.943. The van der Waals surface area contributed by atoms with Gasteiger partial charge in [-0.3, -0.25) is 9.59 Å². The van der Waals surface area contributed by atoms with Gasteiger partial charge in [-0.15, -0.1) is 0 Å². The first-order valence-electron chi connectivity index (χ1n) is 5.52. The van der Waals surface area contributed by atoms with Crippen molar-refractivity contribution in [2.45, 2.75) is 44.1 Å². The Bertz CT molecular complexity index is 362. The zero-order valence-electron chi connectivity index (χ0n) is 9.87. The van der Waals surface area contributed by atoms with Crippen LogP contribution in [-0.4, -0.2) is 31.7 Å². The number of allylic oxidation sites excluding steroid dienone is 1. The molecular formula is C11H17NO3Si. The summed E-state index contributed by atoms with van der Waals surface area (Å²) in [5.41, 5.74) is -0.411. The third-order valence-electron chi connectivity index (χ3n) is 2.85. The molecule has 1 fully saturated rings. The van der Waals surface area contributed by atoms with E-state index < -0.39 is 13.9 Å². The minimum Gasteiger partial charge on any atom is -0.412 e. The van der Waals surface area contributed by atoms with Crippen LogP contribution in [-0.2, 0) is 14.0 Å². The Morgan fingerprint density at radius 3 is 2.56 bits per heavy atom. The Morgan fingerprint density at radius 2 is 2.06 bits per heavy atom. The minimum atomic E-state index is -1.70. The molecule has 88 valence electrons. The van der Waals surface area contributed by atoms with Gasteiger partial charge in [0.15, 0.2) is 14.1 Å². The van der Waals surface area contributed by atoms with Gasteiger partial charge in [0.25, 0.3) is 0 Å². The zero-order chi connectivity index (χ0) is 12.0. The molecule has 0 radical (unpaired) electrons. The molecule has 0 aromatic heterocycles. The van der Waals surface area contributed by atoms with Crippen molar-refractivity contribution in [3.63, 3.8) is 0 Å². The largest absolute Gasteiger partial charge is 0.412 e. The smallest absolute Gasteiger partial charge is 0.223 e. The molecule has 2 aliphatic rings. The second-order valence-electron chi connectivity index (χ2n) is 5.49. The number of hydrogen-bond donors (Lipinski definition) is 1. The normalized spacial score (nSPS) is 33.8. The van der Waals surface area contributed by atoms with Gasteiger partial charge in [-0.25, -0.2) is 0 Å². The van der Waals surface area contributed by atoms with Crippen LogP contribution in [0, 0.1) is 0 Å². The number of hydrogen-bond acceptors (Lipinski definition) is 3. The van der Waals surface area contributed by atoms with Crippen LogP contribution in [0.5, 0.6) is 0 Å². The van der Waals surface area contributed by atoms with Gasteiger partial charge >= 0.3 is 0 Å². The van der Waals surface area contributed by atoms with Crippen molar-refractivity contribution in [2.24, 2.45) is 0 Å². The number of β-lactam (4-membered cyclic amide) rings is 1. The quantitative estimate of drug-likeness (QED) is 0.577. The maximum atomic E-state index is 11.4. The molecule has 0 bridgehead atoms. The summed E-state index contributed by atoms with van der Waals surface area (Å²) in [7, 11) is -1.70. The maximum Gasteiger partial charge on any atom is 0.223 e. The molecule has 1 N–H and O–H groups in total. The summed E-state index contributed by atoms with van der Waals surface area (Å²) in [6, 6.07) is 0. The van der Waals surface area contributed by atoms with E-state index in [4.69, 9.17) is 4.43 Å².